The monoisotopic (exact) mass is 294 g/mol. The molecule has 0 unspecified atom stereocenters. The third-order valence-electron chi connectivity index (χ3n) is 4.28. The molecular weight excluding hydrogens is 272 g/mol. The maximum atomic E-state index is 6.17. The van der Waals surface area contributed by atoms with E-state index in [9.17, 15) is 0 Å². The zero-order valence-electron chi connectivity index (χ0n) is 13.2. The van der Waals surface area contributed by atoms with Gasteiger partial charge in [0.1, 0.15) is 0 Å². The first kappa shape index (κ1) is 14.7. The summed E-state index contributed by atoms with van der Waals surface area (Å²) in [6, 6.07) is 16.2. The summed E-state index contributed by atoms with van der Waals surface area (Å²) >= 11 is 0. The molecular formula is C18H22N4. The highest BCUT2D eigenvalue weighted by Crippen LogP contribution is 2.42. The summed E-state index contributed by atoms with van der Waals surface area (Å²) in [6.07, 6.45) is 2.15. The van der Waals surface area contributed by atoms with Crippen LogP contribution >= 0.6 is 0 Å². The number of nitrogens with zero attached hydrogens (tertiary/aromatic N) is 3. The Morgan fingerprint density at radius 3 is 1.91 bits per heavy atom. The van der Waals surface area contributed by atoms with E-state index in [-0.39, 0.29) is 5.54 Å². The number of benzene rings is 2. The third kappa shape index (κ3) is 3.17. The topological polar surface area (TPSA) is 54.0 Å². The zero-order valence-corrected chi connectivity index (χ0v) is 13.2. The van der Waals surface area contributed by atoms with Crippen molar-refractivity contribution in [3.63, 3.8) is 0 Å². The van der Waals surface area contributed by atoms with Gasteiger partial charge in [0.25, 0.3) is 0 Å². The number of azo groups is 1. The second kappa shape index (κ2) is 5.89. The van der Waals surface area contributed by atoms with Gasteiger partial charge in [0.05, 0.1) is 11.4 Å². The van der Waals surface area contributed by atoms with E-state index in [1.165, 1.54) is 11.3 Å². The van der Waals surface area contributed by atoms with E-state index in [0.717, 1.165) is 30.8 Å². The highest BCUT2D eigenvalue weighted by molar-refractivity contribution is 5.52. The summed E-state index contributed by atoms with van der Waals surface area (Å²) < 4.78 is 0. The van der Waals surface area contributed by atoms with Gasteiger partial charge in [0, 0.05) is 24.8 Å². The van der Waals surface area contributed by atoms with Crippen LogP contribution in [0.1, 0.15) is 25.3 Å². The van der Waals surface area contributed by atoms with Gasteiger partial charge in [0.2, 0.25) is 0 Å². The predicted octanol–water partition coefficient (Wildman–Crippen LogP) is 4.51. The molecule has 2 N–H and O–H groups in total. The Bertz CT molecular complexity index is 654. The van der Waals surface area contributed by atoms with E-state index < -0.39 is 0 Å². The molecule has 0 aromatic heterocycles. The van der Waals surface area contributed by atoms with Crippen LogP contribution < -0.4 is 10.6 Å². The molecule has 22 heavy (non-hydrogen) atoms. The van der Waals surface area contributed by atoms with Crippen molar-refractivity contribution in [3.8, 4) is 0 Å². The van der Waals surface area contributed by atoms with Gasteiger partial charge in [-0.25, -0.2) is 0 Å². The molecule has 4 nitrogen and oxygen atoms in total. The maximum absolute atomic E-state index is 6.17. The van der Waals surface area contributed by atoms with Gasteiger partial charge in [-0.3, -0.25) is 0 Å². The number of anilines is 1. The zero-order chi connectivity index (χ0) is 15.6. The lowest BCUT2D eigenvalue weighted by atomic mass is 10.1. The first-order chi connectivity index (χ1) is 10.6. The standard InChI is InChI=1S/C18H22N4/c1-3-22(2)17-10-8-16(9-11-17)21-20-15-6-4-14(5-7-15)18(19)12-13-18/h4-11H,3,12-13,19H2,1-2H3. The molecule has 0 radical (unpaired) electrons. The fraction of sp³-hybridized carbons (Fsp3) is 0.333. The van der Waals surface area contributed by atoms with E-state index in [1.807, 2.05) is 24.3 Å². The lowest BCUT2D eigenvalue weighted by Gasteiger charge is -2.16. The van der Waals surface area contributed by atoms with Crippen molar-refractivity contribution >= 4 is 17.1 Å². The molecule has 2 aromatic rings. The van der Waals surface area contributed by atoms with Gasteiger partial charge in [-0.1, -0.05) is 12.1 Å². The van der Waals surface area contributed by atoms with E-state index in [2.05, 4.69) is 53.4 Å². The Morgan fingerprint density at radius 2 is 1.45 bits per heavy atom. The van der Waals surface area contributed by atoms with Crippen molar-refractivity contribution in [1.29, 1.82) is 0 Å². The van der Waals surface area contributed by atoms with Gasteiger partial charge in [-0.15, -0.1) is 0 Å². The first-order valence-corrected chi connectivity index (χ1v) is 7.73. The molecule has 0 heterocycles. The van der Waals surface area contributed by atoms with Crippen LogP contribution in [0.5, 0.6) is 0 Å². The Kier molecular flexibility index (Phi) is 3.94. The van der Waals surface area contributed by atoms with Crippen LogP contribution in [0, 0.1) is 0 Å². The summed E-state index contributed by atoms with van der Waals surface area (Å²) in [5.41, 5.74) is 10.2. The Hall–Kier alpha value is -2.20. The number of hydrogen-bond acceptors (Lipinski definition) is 4. The number of hydrogen-bond donors (Lipinski definition) is 1. The Morgan fingerprint density at radius 1 is 0.955 bits per heavy atom. The van der Waals surface area contributed by atoms with Crippen molar-refractivity contribution in [1.82, 2.24) is 0 Å². The Labute approximate surface area is 131 Å². The molecule has 1 aliphatic rings. The largest absolute Gasteiger partial charge is 0.375 e. The van der Waals surface area contributed by atoms with E-state index in [0.29, 0.717) is 0 Å². The molecule has 0 amide bonds. The smallest absolute Gasteiger partial charge is 0.0858 e. The SMILES string of the molecule is CCN(C)c1ccc(N=Nc2ccc(C3(N)CC3)cc2)cc1. The van der Waals surface area contributed by atoms with E-state index in [4.69, 9.17) is 5.73 Å². The maximum Gasteiger partial charge on any atom is 0.0858 e. The lowest BCUT2D eigenvalue weighted by Crippen LogP contribution is -2.18. The molecule has 0 atom stereocenters. The predicted molar refractivity (Wildman–Crippen MR) is 91.1 cm³/mol. The van der Waals surface area contributed by atoms with Gasteiger partial charge >= 0.3 is 0 Å². The fourth-order valence-corrected chi connectivity index (χ4v) is 2.36. The molecule has 0 saturated heterocycles. The van der Waals surface area contributed by atoms with Crippen LogP contribution in [0.15, 0.2) is 58.8 Å². The molecule has 1 saturated carbocycles. The molecule has 0 spiro atoms. The van der Waals surface area contributed by atoms with Crippen molar-refractivity contribution < 1.29 is 0 Å². The quantitative estimate of drug-likeness (QED) is 0.825. The van der Waals surface area contributed by atoms with Crippen LogP contribution in [0.3, 0.4) is 0 Å². The summed E-state index contributed by atoms with van der Waals surface area (Å²) in [5.74, 6) is 0. The number of nitrogens with two attached hydrogens (primary N) is 1. The van der Waals surface area contributed by atoms with E-state index in [1.54, 1.807) is 0 Å². The average molecular weight is 294 g/mol. The van der Waals surface area contributed by atoms with Crippen molar-refractivity contribution in [2.24, 2.45) is 16.0 Å². The van der Waals surface area contributed by atoms with Crippen molar-refractivity contribution in [2.45, 2.75) is 25.3 Å². The minimum absolute atomic E-state index is 0.0865. The molecule has 114 valence electrons. The average Bonchev–Trinajstić information content (AvgIpc) is 3.32. The molecule has 2 aromatic carbocycles. The Balaban J connectivity index is 1.68. The second-order valence-corrected chi connectivity index (χ2v) is 5.93. The van der Waals surface area contributed by atoms with Crippen LogP contribution in [-0.2, 0) is 5.54 Å². The van der Waals surface area contributed by atoms with Crippen LogP contribution in [-0.4, -0.2) is 13.6 Å². The summed E-state index contributed by atoms with van der Waals surface area (Å²) in [6.45, 7) is 3.11. The fourth-order valence-electron chi connectivity index (χ4n) is 2.36. The van der Waals surface area contributed by atoms with Gasteiger partial charge in [-0.2, -0.15) is 10.2 Å². The highest BCUT2D eigenvalue weighted by atomic mass is 15.1. The number of rotatable bonds is 5. The minimum Gasteiger partial charge on any atom is -0.375 e. The van der Waals surface area contributed by atoms with Gasteiger partial charge < -0.3 is 10.6 Å². The van der Waals surface area contributed by atoms with Gasteiger partial charge in [-0.05, 0) is 61.7 Å². The van der Waals surface area contributed by atoms with Crippen molar-refractivity contribution in [3.05, 3.63) is 54.1 Å². The van der Waals surface area contributed by atoms with Crippen LogP contribution in [0.4, 0.5) is 17.1 Å². The van der Waals surface area contributed by atoms with Gasteiger partial charge in [0.15, 0.2) is 0 Å². The molecule has 4 heteroatoms. The van der Waals surface area contributed by atoms with E-state index >= 15 is 0 Å². The molecule has 0 bridgehead atoms. The molecule has 3 rings (SSSR count). The van der Waals surface area contributed by atoms with Crippen LogP contribution in [0.25, 0.3) is 0 Å². The molecule has 0 aliphatic heterocycles. The highest BCUT2D eigenvalue weighted by Gasteiger charge is 2.39. The summed E-state index contributed by atoms with van der Waals surface area (Å²) in [5, 5.41) is 8.57. The first-order valence-electron chi connectivity index (χ1n) is 7.73. The van der Waals surface area contributed by atoms with Crippen molar-refractivity contribution in [2.75, 3.05) is 18.5 Å². The normalized spacial score (nSPS) is 16.0. The second-order valence-electron chi connectivity index (χ2n) is 5.93. The minimum atomic E-state index is -0.0865. The summed E-state index contributed by atoms with van der Waals surface area (Å²) in [4.78, 5) is 2.18. The summed E-state index contributed by atoms with van der Waals surface area (Å²) in [7, 11) is 2.07. The van der Waals surface area contributed by atoms with Crippen LogP contribution in [0.2, 0.25) is 0 Å². The third-order valence-corrected chi connectivity index (χ3v) is 4.28. The molecule has 1 fully saturated rings. The molecule has 1 aliphatic carbocycles. The lowest BCUT2D eigenvalue weighted by molar-refractivity contribution is 0.740.